The maximum absolute atomic E-state index is 4.60. The first kappa shape index (κ1) is 10.1. The number of fused-ring (bicyclic) bond motifs is 1. The number of nitrogens with one attached hydrogen (secondary N) is 2. The largest absolute Gasteiger partial charge is 0.355 e. The van der Waals surface area contributed by atoms with Gasteiger partial charge in [-0.25, -0.2) is 4.98 Å². The maximum Gasteiger partial charge on any atom is 0.184 e. The lowest BCUT2D eigenvalue weighted by Crippen LogP contribution is -2.36. The second-order valence-electron chi connectivity index (χ2n) is 4.60. The van der Waals surface area contributed by atoms with Crippen LogP contribution in [0.3, 0.4) is 0 Å². The summed E-state index contributed by atoms with van der Waals surface area (Å²) in [5.41, 5.74) is 1.25. The molecule has 1 atom stereocenters. The van der Waals surface area contributed by atoms with Crippen molar-refractivity contribution in [2.45, 2.75) is 18.9 Å². The zero-order chi connectivity index (χ0) is 11.0. The Hall–Kier alpha value is -1.13. The van der Waals surface area contributed by atoms with Gasteiger partial charge in [0.05, 0.1) is 15.8 Å². The highest BCUT2D eigenvalue weighted by Crippen LogP contribution is 2.29. The van der Waals surface area contributed by atoms with Gasteiger partial charge in [0, 0.05) is 6.54 Å². The standard InChI is InChI=1S/C12H15N3S/c1-12(6-7-13-8-12)15-11-14-9-4-2-3-5-10(9)16-11/h2-5,13H,6-8H2,1H3,(H,14,15). The van der Waals surface area contributed by atoms with E-state index in [1.54, 1.807) is 11.3 Å². The fourth-order valence-corrected chi connectivity index (χ4v) is 3.12. The van der Waals surface area contributed by atoms with Gasteiger partial charge in [0.25, 0.3) is 0 Å². The summed E-state index contributed by atoms with van der Waals surface area (Å²) >= 11 is 1.73. The van der Waals surface area contributed by atoms with Crippen LogP contribution < -0.4 is 10.6 Å². The van der Waals surface area contributed by atoms with Crippen molar-refractivity contribution in [3.8, 4) is 0 Å². The van der Waals surface area contributed by atoms with E-state index in [4.69, 9.17) is 0 Å². The second kappa shape index (κ2) is 3.71. The van der Waals surface area contributed by atoms with Crippen molar-refractivity contribution >= 4 is 26.7 Å². The van der Waals surface area contributed by atoms with Crippen molar-refractivity contribution in [3.63, 3.8) is 0 Å². The molecule has 1 fully saturated rings. The Labute approximate surface area is 98.9 Å². The molecule has 2 heterocycles. The first-order valence-corrected chi connectivity index (χ1v) is 6.41. The van der Waals surface area contributed by atoms with Gasteiger partial charge in [0.15, 0.2) is 5.13 Å². The van der Waals surface area contributed by atoms with Gasteiger partial charge in [-0.2, -0.15) is 0 Å². The predicted molar refractivity (Wildman–Crippen MR) is 69.1 cm³/mol. The van der Waals surface area contributed by atoms with Gasteiger partial charge in [0.2, 0.25) is 0 Å². The molecule has 2 aromatic rings. The van der Waals surface area contributed by atoms with Gasteiger partial charge in [-0.1, -0.05) is 23.5 Å². The smallest absolute Gasteiger partial charge is 0.184 e. The molecule has 84 valence electrons. The number of para-hydroxylation sites is 1. The lowest BCUT2D eigenvalue weighted by atomic mass is 10.0. The molecule has 3 rings (SSSR count). The normalized spacial score (nSPS) is 25.1. The zero-order valence-corrected chi connectivity index (χ0v) is 10.1. The first-order valence-electron chi connectivity index (χ1n) is 5.60. The molecule has 0 radical (unpaired) electrons. The fraction of sp³-hybridized carbons (Fsp3) is 0.417. The summed E-state index contributed by atoms with van der Waals surface area (Å²) in [6.45, 7) is 4.36. The minimum atomic E-state index is 0.161. The molecule has 1 aromatic carbocycles. The average Bonchev–Trinajstić information content (AvgIpc) is 2.84. The number of benzene rings is 1. The Bertz CT molecular complexity index is 467. The molecule has 4 heteroatoms. The van der Waals surface area contributed by atoms with Crippen molar-refractivity contribution in [3.05, 3.63) is 24.3 Å². The minimum absolute atomic E-state index is 0.161. The topological polar surface area (TPSA) is 37.0 Å². The number of aromatic nitrogens is 1. The van der Waals surface area contributed by atoms with E-state index in [1.165, 1.54) is 4.70 Å². The third-order valence-electron chi connectivity index (χ3n) is 3.07. The molecule has 1 aromatic heterocycles. The van der Waals surface area contributed by atoms with E-state index >= 15 is 0 Å². The summed E-state index contributed by atoms with van der Waals surface area (Å²) in [7, 11) is 0. The van der Waals surface area contributed by atoms with E-state index < -0.39 is 0 Å². The van der Waals surface area contributed by atoms with Gasteiger partial charge in [0.1, 0.15) is 0 Å². The number of thiazole rings is 1. The van der Waals surface area contributed by atoms with Crippen LogP contribution in [0.5, 0.6) is 0 Å². The van der Waals surface area contributed by atoms with Gasteiger partial charge < -0.3 is 10.6 Å². The van der Waals surface area contributed by atoms with Crippen LogP contribution in [-0.4, -0.2) is 23.6 Å². The average molecular weight is 233 g/mol. The second-order valence-corrected chi connectivity index (χ2v) is 5.63. The number of rotatable bonds is 2. The van der Waals surface area contributed by atoms with Gasteiger partial charge in [-0.05, 0) is 32.0 Å². The summed E-state index contributed by atoms with van der Waals surface area (Å²) in [6, 6.07) is 8.27. The van der Waals surface area contributed by atoms with Crippen molar-refractivity contribution in [1.29, 1.82) is 0 Å². The van der Waals surface area contributed by atoms with Gasteiger partial charge >= 0.3 is 0 Å². The molecule has 1 saturated heterocycles. The molecule has 3 nitrogen and oxygen atoms in total. The molecule has 16 heavy (non-hydrogen) atoms. The Morgan fingerprint density at radius 2 is 2.31 bits per heavy atom. The summed E-state index contributed by atoms with van der Waals surface area (Å²) in [5, 5.41) is 7.97. The van der Waals surface area contributed by atoms with E-state index in [1.807, 2.05) is 6.07 Å². The maximum atomic E-state index is 4.60. The van der Waals surface area contributed by atoms with E-state index in [-0.39, 0.29) is 5.54 Å². The Morgan fingerprint density at radius 1 is 1.44 bits per heavy atom. The molecular formula is C12H15N3S. The molecule has 0 saturated carbocycles. The Balaban J connectivity index is 1.89. The quantitative estimate of drug-likeness (QED) is 0.836. The molecule has 0 amide bonds. The number of hydrogen-bond donors (Lipinski definition) is 2. The molecule has 1 unspecified atom stereocenters. The molecule has 0 bridgehead atoms. The monoisotopic (exact) mass is 233 g/mol. The summed E-state index contributed by atoms with van der Waals surface area (Å²) in [4.78, 5) is 4.60. The molecule has 2 N–H and O–H groups in total. The summed E-state index contributed by atoms with van der Waals surface area (Å²) < 4.78 is 1.25. The third kappa shape index (κ3) is 1.79. The van der Waals surface area contributed by atoms with E-state index in [0.29, 0.717) is 0 Å². The molecule has 0 aliphatic carbocycles. The van der Waals surface area contributed by atoms with Crippen molar-refractivity contribution in [2.75, 3.05) is 18.4 Å². The number of hydrogen-bond acceptors (Lipinski definition) is 4. The summed E-state index contributed by atoms with van der Waals surface area (Å²) in [5.74, 6) is 0. The predicted octanol–water partition coefficient (Wildman–Crippen LogP) is 2.46. The summed E-state index contributed by atoms with van der Waals surface area (Å²) in [6.07, 6.45) is 1.16. The van der Waals surface area contributed by atoms with Crippen molar-refractivity contribution in [1.82, 2.24) is 10.3 Å². The highest BCUT2D eigenvalue weighted by atomic mass is 32.1. The van der Waals surface area contributed by atoms with Crippen LogP contribution >= 0.6 is 11.3 Å². The van der Waals surface area contributed by atoms with Crippen molar-refractivity contribution in [2.24, 2.45) is 0 Å². The zero-order valence-electron chi connectivity index (χ0n) is 9.29. The Morgan fingerprint density at radius 3 is 3.06 bits per heavy atom. The van der Waals surface area contributed by atoms with E-state index in [9.17, 15) is 0 Å². The highest BCUT2D eigenvalue weighted by molar-refractivity contribution is 7.22. The molecule has 0 spiro atoms. The van der Waals surface area contributed by atoms with E-state index in [2.05, 4.69) is 40.7 Å². The van der Waals surface area contributed by atoms with E-state index in [0.717, 1.165) is 30.2 Å². The van der Waals surface area contributed by atoms with Crippen molar-refractivity contribution < 1.29 is 0 Å². The highest BCUT2D eigenvalue weighted by Gasteiger charge is 2.28. The van der Waals surface area contributed by atoms with Crippen LogP contribution in [0.4, 0.5) is 5.13 Å². The number of anilines is 1. The minimum Gasteiger partial charge on any atom is -0.355 e. The van der Waals surface area contributed by atoms with Crippen LogP contribution in [0.25, 0.3) is 10.2 Å². The van der Waals surface area contributed by atoms with Crippen LogP contribution in [0.1, 0.15) is 13.3 Å². The SMILES string of the molecule is CC1(Nc2nc3ccccc3s2)CCNC1. The molecule has 1 aliphatic rings. The number of nitrogens with zero attached hydrogens (tertiary/aromatic N) is 1. The fourth-order valence-electron chi connectivity index (χ4n) is 2.11. The van der Waals surface area contributed by atoms with Gasteiger partial charge in [-0.3, -0.25) is 0 Å². The molecular weight excluding hydrogens is 218 g/mol. The Kier molecular flexibility index (Phi) is 2.33. The van der Waals surface area contributed by atoms with Crippen LogP contribution in [-0.2, 0) is 0 Å². The van der Waals surface area contributed by atoms with Crippen LogP contribution in [0.2, 0.25) is 0 Å². The van der Waals surface area contributed by atoms with Crippen LogP contribution in [0.15, 0.2) is 24.3 Å². The molecule has 1 aliphatic heterocycles. The third-order valence-corrected chi connectivity index (χ3v) is 4.02. The first-order chi connectivity index (χ1) is 7.75. The lowest BCUT2D eigenvalue weighted by Gasteiger charge is -2.23. The lowest BCUT2D eigenvalue weighted by molar-refractivity contribution is 0.566. The van der Waals surface area contributed by atoms with Gasteiger partial charge in [-0.15, -0.1) is 0 Å². The van der Waals surface area contributed by atoms with Crippen LogP contribution in [0, 0.1) is 0 Å².